The van der Waals surface area contributed by atoms with Crippen molar-refractivity contribution in [1.29, 1.82) is 0 Å². The van der Waals surface area contributed by atoms with Crippen molar-refractivity contribution in [2.75, 3.05) is 0 Å². The van der Waals surface area contributed by atoms with Crippen LogP contribution >= 0.6 is 23.2 Å². The molecule has 0 aromatic heterocycles. The number of unbranched alkanes of at least 4 members (excludes halogenated alkanes) is 2. The summed E-state index contributed by atoms with van der Waals surface area (Å²) in [6.07, 6.45) is 4.44. The standard InChI is InChI=1S/C17H18Cl2O2/c1-2-3-4-6-12-9-10-16(15(20)11-12)21-17-13(18)7-5-8-14(17)19/h5,7-11,20H,2-4,6H2,1H3. The molecular weight excluding hydrogens is 307 g/mol. The van der Waals surface area contributed by atoms with Crippen LogP contribution in [0.3, 0.4) is 0 Å². The molecule has 4 heteroatoms. The first-order valence-corrected chi connectivity index (χ1v) is 7.81. The van der Waals surface area contributed by atoms with Crippen molar-refractivity contribution >= 4 is 23.2 Å². The molecule has 0 saturated heterocycles. The van der Waals surface area contributed by atoms with Crippen LogP contribution in [0, 0.1) is 0 Å². The van der Waals surface area contributed by atoms with Crippen LogP contribution in [-0.2, 0) is 6.42 Å². The SMILES string of the molecule is CCCCCc1ccc(Oc2c(Cl)cccc2Cl)c(O)c1. The second kappa shape index (κ2) is 7.58. The number of halogens is 2. The molecule has 0 bridgehead atoms. The Labute approximate surface area is 135 Å². The Morgan fingerprint density at radius 1 is 1.05 bits per heavy atom. The summed E-state index contributed by atoms with van der Waals surface area (Å²) in [6.45, 7) is 2.17. The zero-order valence-electron chi connectivity index (χ0n) is 11.9. The van der Waals surface area contributed by atoms with Crippen molar-refractivity contribution in [3.63, 3.8) is 0 Å². The molecule has 0 saturated carbocycles. The topological polar surface area (TPSA) is 29.5 Å². The molecule has 0 spiro atoms. The average Bonchev–Trinajstić information content (AvgIpc) is 2.45. The van der Waals surface area contributed by atoms with E-state index in [1.807, 2.05) is 6.07 Å². The van der Waals surface area contributed by atoms with E-state index in [0.29, 0.717) is 21.5 Å². The van der Waals surface area contributed by atoms with Gasteiger partial charge in [-0.15, -0.1) is 0 Å². The van der Waals surface area contributed by atoms with Crippen LogP contribution in [0.5, 0.6) is 17.2 Å². The molecule has 2 rings (SSSR count). The lowest BCUT2D eigenvalue weighted by molar-refractivity contribution is 0.411. The highest BCUT2D eigenvalue weighted by atomic mass is 35.5. The van der Waals surface area contributed by atoms with E-state index in [9.17, 15) is 5.11 Å². The van der Waals surface area contributed by atoms with E-state index < -0.39 is 0 Å². The molecular formula is C17H18Cl2O2. The molecule has 0 heterocycles. The molecule has 112 valence electrons. The van der Waals surface area contributed by atoms with Crippen molar-refractivity contribution in [2.45, 2.75) is 32.6 Å². The monoisotopic (exact) mass is 324 g/mol. The van der Waals surface area contributed by atoms with E-state index in [2.05, 4.69) is 6.92 Å². The third-order valence-electron chi connectivity index (χ3n) is 3.22. The minimum Gasteiger partial charge on any atom is -0.504 e. The molecule has 0 aliphatic carbocycles. The van der Waals surface area contributed by atoms with Crippen LogP contribution in [0.1, 0.15) is 31.7 Å². The predicted octanol–water partition coefficient (Wildman–Crippen LogP) is 6.22. The van der Waals surface area contributed by atoms with Crippen molar-refractivity contribution in [3.8, 4) is 17.2 Å². The Balaban J connectivity index is 2.14. The van der Waals surface area contributed by atoms with Gasteiger partial charge in [0.15, 0.2) is 17.2 Å². The van der Waals surface area contributed by atoms with Crippen LogP contribution in [0.25, 0.3) is 0 Å². The van der Waals surface area contributed by atoms with Gasteiger partial charge < -0.3 is 9.84 Å². The molecule has 0 aliphatic heterocycles. The maximum absolute atomic E-state index is 10.1. The number of ether oxygens (including phenoxy) is 1. The van der Waals surface area contributed by atoms with Gasteiger partial charge in [-0.2, -0.15) is 0 Å². The van der Waals surface area contributed by atoms with E-state index in [1.165, 1.54) is 12.8 Å². The maximum Gasteiger partial charge on any atom is 0.169 e. The third-order valence-corrected chi connectivity index (χ3v) is 3.82. The van der Waals surface area contributed by atoms with Gasteiger partial charge in [0.1, 0.15) is 0 Å². The zero-order chi connectivity index (χ0) is 15.2. The second-order valence-corrected chi connectivity index (χ2v) is 5.73. The molecule has 2 nitrogen and oxygen atoms in total. The van der Waals surface area contributed by atoms with Gasteiger partial charge in [-0.25, -0.2) is 0 Å². The normalized spacial score (nSPS) is 10.6. The highest BCUT2D eigenvalue weighted by Crippen LogP contribution is 2.39. The Morgan fingerprint density at radius 2 is 1.76 bits per heavy atom. The first-order valence-electron chi connectivity index (χ1n) is 7.05. The van der Waals surface area contributed by atoms with Crippen molar-refractivity contribution in [2.24, 2.45) is 0 Å². The number of hydrogen-bond donors (Lipinski definition) is 1. The van der Waals surface area contributed by atoms with Crippen LogP contribution in [0.4, 0.5) is 0 Å². The van der Waals surface area contributed by atoms with Gasteiger partial charge in [0, 0.05) is 0 Å². The predicted molar refractivity (Wildman–Crippen MR) is 87.9 cm³/mol. The number of hydrogen-bond acceptors (Lipinski definition) is 2. The first-order chi connectivity index (χ1) is 10.1. The summed E-state index contributed by atoms with van der Waals surface area (Å²) >= 11 is 12.1. The van der Waals surface area contributed by atoms with E-state index in [1.54, 1.807) is 30.3 Å². The van der Waals surface area contributed by atoms with Crippen LogP contribution < -0.4 is 4.74 Å². The fourth-order valence-corrected chi connectivity index (χ4v) is 2.55. The van der Waals surface area contributed by atoms with Crippen LogP contribution in [0.2, 0.25) is 10.0 Å². The van der Waals surface area contributed by atoms with E-state index >= 15 is 0 Å². The van der Waals surface area contributed by atoms with Gasteiger partial charge in [0.05, 0.1) is 10.0 Å². The molecule has 0 fully saturated rings. The number of phenolic OH excluding ortho intramolecular Hbond substituents is 1. The van der Waals surface area contributed by atoms with E-state index in [4.69, 9.17) is 27.9 Å². The lowest BCUT2D eigenvalue weighted by atomic mass is 10.1. The Morgan fingerprint density at radius 3 is 2.38 bits per heavy atom. The minimum atomic E-state index is 0.0972. The number of aryl methyl sites for hydroxylation is 1. The summed E-state index contributed by atoms with van der Waals surface area (Å²) in [5.41, 5.74) is 1.10. The van der Waals surface area contributed by atoms with E-state index in [-0.39, 0.29) is 5.75 Å². The fraction of sp³-hybridized carbons (Fsp3) is 0.294. The summed E-state index contributed by atoms with van der Waals surface area (Å²) < 4.78 is 5.64. The fourth-order valence-electron chi connectivity index (χ4n) is 2.07. The molecule has 2 aromatic carbocycles. The van der Waals surface area contributed by atoms with Gasteiger partial charge >= 0.3 is 0 Å². The molecule has 0 aliphatic rings. The quantitative estimate of drug-likeness (QED) is 0.638. The third kappa shape index (κ3) is 4.29. The summed E-state index contributed by atoms with van der Waals surface area (Å²) in [5.74, 6) is 0.805. The number of rotatable bonds is 6. The van der Waals surface area contributed by atoms with Crippen molar-refractivity contribution in [1.82, 2.24) is 0 Å². The Kier molecular flexibility index (Phi) is 5.77. The smallest absolute Gasteiger partial charge is 0.169 e. The summed E-state index contributed by atoms with van der Waals surface area (Å²) in [5, 5.41) is 10.9. The number of phenols is 1. The molecule has 0 unspecified atom stereocenters. The average molecular weight is 325 g/mol. The molecule has 21 heavy (non-hydrogen) atoms. The zero-order valence-corrected chi connectivity index (χ0v) is 13.4. The Hall–Kier alpha value is -1.38. The number of benzene rings is 2. The molecule has 0 amide bonds. The maximum atomic E-state index is 10.1. The van der Waals surface area contributed by atoms with Crippen molar-refractivity contribution < 1.29 is 9.84 Å². The molecule has 2 aromatic rings. The van der Waals surface area contributed by atoms with Crippen molar-refractivity contribution in [3.05, 3.63) is 52.0 Å². The Bertz CT molecular complexity index is 591. The summed E-state index contributed by atoms with van der Waals surface area (Å²) in [4.78, 5) is 0. The summed E-state index contributed by atoms with van der Waals surface area (Å²) in [7, 11) is 0. The van der Waals surface area contributed by atoms with Gasteiger partial charge in [-0.3, -0.25) is 0 Å². The first kappa shape index (κ1) is 16.0. The highest BCUT2D eigenvalue weighted by Gasteiger charge is 2.11. The van der Waals surface area contributed by atoms with E-state index in [0.717, 1.165) is 18.4 Å². The molecule has 1 N–H and O–H groups in total. The highest BCUT2D eigenvalue weighted by molar-refractivity contribution is 6.37. The van der Waals surface area contributed by atoms with Crippen LogP contribution in [-0.4, -0.2) is 5.11 Å². The minimum absolute atomic E-state index is 0.0972. The summed E-state index contributed by atoms with van der Waals surface area (Å²) in [6, 6.07) is 10.6. The van der Waals surface area contributed by atoms with Gasteiger partial charge in [-0.1, -0.05) is 55.1 Å². The second-order valence-electron chi connectivity index (χ2n) is 4.91. The van der Waals surface area contributed by atoms with Gasteiger partial charge in [0.25, 0.3) is 0 Å². The number of aromatic hydroxyl groups is 1. The molecule has 0 radical (unpaired) electrons. The van der Waals surface area contributed by atoms with Gasteiger partial charge in [0.2, 0.25) is 0 Å². The largest absolute Gasteiger partial charge is 0.504 e. The lowest BCUT2D eigenvalue weighted by Gasteiger charge is -2.11. The molecule has 0 atom stereocenters. The lowest BCUT2D eigenvalue weighted by Crippen LogP contribution is -1.90. The number of para-hydroxylation sites is 1. The van der Waals surface area contributed by atoms with Crippen LogP contribution in [0.15, 0.2) is 36.4 Å². The van der Waals surface area contributed by atoms with Gasteiger partial charge in [-0.05, 0) is 42.7 Å².